The third-order valence-electron chi connectivity index (χ3n) is 2.92. The van der Waals surface area contributed by atoms with Crippen LogP contribution in [0.2, 0.25) is 0 Å². The summed E-state index contributed by atoms with van der Waals surface area (Å²) in [7, 11) is 0. The van der Waals surface area contributed by atoms with Crippen LogP contribution in [0.25, 0.3) is 0 Å². The number of hydrogen-bond acceptors (Lipinski definition) is 3. The molecule has 1 fully saturated rings. The van der Waals surface area contributed by atoms with Gasteiger partial charge in [0.05, 0.1) is 12.5 Å². The van der Waals surface area contributed by atoms with Gasteiger partial charge < -0.3 is 9.64 Å². The Morgan fingerprint density at radius 1 is 1.27 bits per heavy atom. The maximum atomic E-state index is 11.5. The van der Waals surface area contributed by atoms with Crippen LogP contribution in [0.1, 0.15) is 39.5 Å². The third kappa shape index (κ3) is 4.65. The fraction of sp³-hybridized carbons (Fsp3) is 0.917. The molecule has 0 bridgehead atoms. The molecule has 0 aromatic heterocycles. The zero-order valence-electron chi connectivity index (χ0n) is 10.00. The minimum atomic E-state index is -0.0539. The molecule has 0 amide bonds. The summed E-state index contributed by atoms with van der Waals surface area (Å²) in [6, 6.07) is 0. The highest BCUT2D eigenvalue weighted by molar-refractivity contribution is 5.72. The van der Waals surface area contributed by atoms with Crippen LogP contribution in [0.5, 0.6) is 0 Å². The molecule has 0 saturated carbocycles. The highest BCUT2D eigenvalue weighted by Crippen LogP contribution is 2.12. The number of hydrogen-bond donors (Lipinski definition) is 0. The summed E-state index contributed by atoms with van der Waals surface area (Å²) >= 11 is 0. The van der Waals surface area contributed by atoms with Crippen molar-refractivity contribution in [2.75, 3.05) is 26.2 Å². The first-order chi connectivity index (χ1) is 7.24. The summed E-state index contributed by atoms with van der Waals surface area (Å²) in [5.74, 6) is -0.0372. The average molecular weight is 213 g/mol. The van der Waals surface area contributed by atoms with Crippen LogP contribution in [-0.2, 0) is 9.53 Å². The molecule has 15 heavy (non-hydrogen) atoms. The number of nitrogens with zero attached hydrogens (tertiary/aromatic N) is 1. The van der Waals surface area contributed by atoms with E-state index in [0.29, 0.717) is 6.61 Å². The Kier molecular flexibility index (Phi) is 5.69. The van der Waals surface area contributed by atoms with Crippen molar-refractivity contribution in [1.82, 2.24) is 4.90 Å². The van der Waals surface area contributed by atoms with Gasteiger partial charge in [0.25, 0.3) is 0 Å². The van der Waals surface area contributed by atoms with E-state index in [-0.39, 0.29) is 11.9 Å². The van der Waals surface area contributed by atoms with Gasteiger partial charge in [0, 0.05) is 6.54 Å². The highest BCUT2D eigenvalue weighted by atomic mass is 16.5. The Morgan fingerprint density at radius 3 is 2.40 bits per heavy atom. The molecule has 1 aliphatic heterocycles. The molecule has 0 aromatic carbocycles. The minimum absolute atomic E-state index is 0.0167. The number of carbonyl (C=O) groups excluding carboxylic acids is 1. The van der Waals surface area contributed by atoms with Crippen molar-refractivity contribution in [2.24, 2.45) is 5.92 Å². The van der Waals surface area contributed by atoms with Gasteiger partial charge in [-0.15, -0.1) is 0 Å². The maximum Gasteiger partial charge on any atom is 0.309 e. The Balaban J connectivity index is 2.28. The van der Waals surface area contributed by atoms with E-state index in [1.165, 1.54) is 25.7 Å². The predicted molar refractivity (Wildman–Crippen MR) is 60.7 cm³/mol. The van der Waals surface area contributed by atoms with Crippen LogP contribution in [0.3, 0.4) is 0 Å². The van der Waals surface area contributed by atoms with Crippen LogP contribution >= 0.6 is 0 Å². The lowest BCUT2D eigenvalue weighted by molar-refractivity contribution is -0.148. The molecule has 0 spiro atoms. The Labute approximate surface area is 92.8 Å². The SMILES string of the molecule is CCOC(=O)C(C)CN1CCCCCC1. The van der Waals surface area contributed by atoms with Crippen molar-refractivity contribution in [2.45, 2.75) is 39.5 Å². The molecule has 1 rings (SSSR count). The van der Waals surface area contributed by atoms with Gasteiger partial charge in [0.1, 0.15) is 0 Å². The van der Waals surface area contributed by atoms with E-state index in [0.717, 1.165) is 19.6 Å². The van der Waals surface area contributed by atoms with Crippen LogP contribution < -0.4 is 0 Å². The van der Waals surface area contributed by atoms with Gasteiger partial charge in [0.15, 0.2) is 0 Å². The van der Waals surface area contributed by atoms with Crippen molar-refractivity contribution in [3.8, 4) is 0 Å². The lowest BCUT2D eigenvalue weighted by Gasteiger charge is -2.22. The zero-order chi connectivity index (χ0) is 11.1. The molecule has 0 N–H and O–H groups in total. The molecule has 1 heterocycles. The van der Waals surface area contributed by atoms with E-state index in [9.17, 15) is 4.79 Å². The second-order valence-electron chi connectivity index (χ2n) is 4.37. The zero-order valence-corrected chi connectivity index (χ0v) is 10.00. The molecule has 3 heteroatoms. The van der Waals surface area contributed by atoms with Gasteiger partial charge in [-0.05, 0) is 32.9 Å². The summed E-state index contributed by atoms with van der Waals surface area (Å²) in [5, 5.41) is 0. The lowest BCUT2D eigenvalue weighted by atomic mass is 10.1. The van der Waals surface area contributed by atoms with Crippen LogP contribution in [0, 0.1) is 5.92 Å². The van der Waals surface area contributed by atoms with Gasteiger partial charge in [-0.3, -0.25) is 4.79 Å². The first-order valence-corrected chi connectivity index (χ1v) is 6.13. The smallest absolute Gasteiger partial charge is 0.309 e. The minimum Gasteiger partial charge on any atom is -0.466 e. The van der Waals surface area contributed by atoms with E-state index < -0.39 is 0 Å². The maximum absolute atomic E-state index is 11.5. The van der Waals surface area contributed by atoms with E-state index >= 15 is 0 Å². The average Bonchev–Trinajstić information content (AvgIpc) is 2.46. The number of esters is 1. The molecule has 0 aromatic rings. The molecule has 1 saturated heterocycles. The molecule has 0 radical (unpaired) electrons. The van der Waals surface area contributed by atoms with Crippen LogP contribution in [-0.4, -0.2) is 37.1 Å². The molecular formula is C12H23NO2. The number of ether oxygens (including phenoxy) is 1. The fourth-order valence-electron chi connectivity index (χ4n) is 2.07. The molecule has 88 valence electrons. The Morgan fingerprint density at radius 2 is 1.87 bits per heavy atom. The molecular weight excluding hydrogens is 190 g/mol. The van der Waals surface area contributed by atoms with Crippen LogP contribution in [0.4, 0.5) is 0 Å². The summed E-state index contributed by atoms with van der Waals surface area (Å²) < 4.78 is 5.01. The first kappa shape index (κ1) is 12.5. The summed E-state index contributed by atoms with van der Waals surface area (Å²) in [4.78, 5) is 13.9. The molecule has 1 atom stereocenters. The molecule has 1 unspecified atom stereocenters. The van der Waals surface area contributed by atoms with E-state index in [1.54, 1.807) is 0 Å². The normalized spacial score (nSPS) is 20.7. The number of rotatable bonds is 4. The number of carbonyl (C=O) groups is 1. The predicted octanol–water partition coefficient (Wildman–Crippen LogP) is 2.06. The molecule has 3 nitrogen and oxygen atoms in total. The van der Waals surface area contributed by atoms with Crippen LogP contribution in [0.15, 0.2) is 0 Å². The van der Waals surface area contributed by atoms with Crippen molar-refractivity contribution < 1.29 is 9.53 Å². The monoisotopic (exact) mass is 213 g/mol. The van der Waals surface area contributed by atoms with E-state index in [4.69, 9.17) is 4.74 Å². The largest absolute Gasteiger partial charge is 0.466 e. The standard InChI is InChI=1S/C12H23NO2/c1-3-15-12(14)11(2)10-13-8-6-4-5-7-9-13/h11H,3-10H2,1-2H3. The summed E-state index contributed by atoms with van der Waals surface area (Å²) in [5.41, 5.74) is 0. The third-order valence-corrected chi connectivity index (χ3v) is 2.92. The van der Waals surface area contributed by atoms with Crippen molar-refractivity contribution >= 4 is 5.97 Å². The lowest BCUT2D eigenvalue weighted by Crippen LogP contribution is -2.33. The molecule has 1 aliphatic rings. The highest BCUT2D eigenvalue weighted by Gasteiger charge is 2.18. The van der Waals surface area contributed by atoms with E-state index in [2.05, 4.69) is 4.90 Å². The topological polar surface area (TPSA) is 29.5 Å². The van der Waals surface area contributed by atoms with Crippen molar-refractivity contribution in [1.29, 1.82) is 0 Å². The molecule has 0 aliphatic carbocycles. The van der Waals surface area contributed by atoms with E-state index in [1.807, 2.05) is 13.8 Å². The van der Waals surface area contributed by atoms with Crippen molar-refractivity contribution in [3.05, 3.63) is 0 Å². The van der Waals surface area contributed by atoms with Gasteiger partial charge in [-0.1, -0.05) is 19.8 Å². The van der Waals surface area contributed by atoms with Crippen molar-refractivity contribution in [3.63, 3.8) is 0 Å². The van der Waals surface area contributed by atoms with Gasteiger partial charge in [0.2, 0.25) is 0 Å². The van der Waals surface area contributed by atoms with Gasteiger partial charge in [-0.2, -0.15) is 0 Å². The Hall–Kier alpha value is -0.570. The Bertz CT molecular complexity index is 186. The summed E-state index contributed by atoms with van der Waals surface area (Å²) in [6.07, 6.45) is 5.22. The summed E-state index contributed by atoms with van der Waals surface area (Å²) in [6.45, 7) is 7.45. The number of likely N-dealkylation sites (tertiary alicyclic amines) is 1. The fourth-order valence-corrected chi connectivity index (χ4v) is 2.07. The second-order valence-corrected chi connectivity index (χ2v) is 4.37. The van der Waals surface area contributed by atoms with Gasteiger partial charge >= 0.3 is 5.97 Å². The second kappa shape index (κ2) is 6.83. The van der Waals surface area contributed by atoms with Gasteiger partial charge in [-0.25, -0.2) is 0 Å². The quantitative estimate of drug-likeness (QED) is 0.669. The first-order valence-electron chi connectivity index (χ1n) is 6.13.